The second-order valence-electron chi connectivity index (χ2n) is 17.8. The number of phenolic OH excluding ortho intramolecular Hbond substituents is 1. The molecule has 5 aromatic rings. The number of aliphatic hydroxyl groups excluding tert-OH is 2. The summed E-state index contributed by atoms with van der Waals surface area (Å²) in [6, 6.07) is 2.34. The van der Waals surface area contributed by atoms with Crippen LogP contribution in [0.15, 0.2) is 27.3 Å². The molecule has 3 aliphatic rings. The predicted octanol–water partition coefficient (Wildman–Crippen LogP) is 6.38. The molecule has 0 saturated heterocycles. The van der Waals surface area contributed by atoms with Crippen molar-refractivity contribution in [2.45, 2.75) is 96.8 Å². The maximum Gasteiger partial charge on any atom is 0.309 e. The first kappa shape index (κ1) is 45.2. The van der Waals surface area contributed by atoms with Crippen molar-refractivity contribution in [2.75, 3.05) is 53.1 Å². The fourth-order valence-electron chi connectivity index (χ4n) is 11.3. The lowest BCUT2D eigenvalue weighted by molar-refractivity contribution is -0.152. The minimum Gasteiger partial charge on any atom is -0.507 e. The quantitative estimate of drug-likeness (QED) is 0.0368. The topological polar surface area (TPSA) is 204 Å². The van der Waals surface area contributed by atoms with Gasteiger partial charge in [-0.3, -0.25) is 24.0 Å². The van der Waals surface area contributed by atoms with E-state index >= 15 is 0 Å². The van der Waals surface area contributed by atoms with Crippen LogP contribution in [0, 0.1) is 17.8 Å². The zero-order valence-electron chi connectivity index (χ0n) is 37.1. The third-order valence-electron chi connectivity index (χ3n) is 13.9. The Bertz CT molecular complexity index is 2800. The number of nitrogens with one attached hydrogen (secondary N) is 1. The number of carbonyl (C=O) groups excluding carboxylic acids is 3. The molecule has 2 fully saturated rings. The highest BCUT2D eigenvalue weighted by Gasteiger charge is 2.39. The molecule has 3 aliphatic carbocycles. The molecule has 0 heterocycles. The van der Waals surface area contributed by atoms with E-state index in [4.69, 9.17) is 23.7 Å². The van der Waals surface area contributed by atoms with Gasteiger partial charge in [-0.2, -0.15) is 0 Å². The number of aliphatic hydroxyl groups is 2. The summed E-state index contributed by atoms with van der Waals surface area (Å²) >= 11 is 0. The summed E-state index contributed by atoms with van der Waals surface area (Å²) in [6.45, 7) is 3.03. The maximum absolute atomic E-state index is 14.8. The van der Waals surface area contributed by atoms with E-state index in [0.29, 0.717) is 105 Å². The first-order chi connectivity index (χ1) is 30.9. The second-order valence-corrected chi connectivity index (χ2v) is 17.8. The van der Waals surface area contributed by atoms with Gasteiger partial charge in [0.1, 0.15) is 30.5 Å². The molecule has 8 rings (SSSR count). The van der Waals surface area contributed by atoms with Crippen LogP contribution in [0.5, 0.6) is 11.5 Å². The average molecular weight is 880 g/mol. The van der Waals surface area contributed by atoms with E-state index in [-0.39, 0.29) is 95.4 Å². The number of phenols is 1. The van der Waals surface area contributed by atoms with Gasteiger partial charge in [-0.1, -0.05) is 30.9 Å². The summed E-state index contributed by atoms with van der Waals surface area (Å²) in [4.78, 5) is 69.8. The van der Waals surface area contributed by atoms with Gasteiger partial charge in [-0.05, 0) is 109 Å². The van der Waals surface area contributed by atoms with Crippen molar-refractivity contribution in [2.24, 2.45) is 17.8 Å². The predicted molar refractivity (Wildman–Crippen MR) is 243 cm³/mol. The van der Waals surface area contributed by atoms with E-state index in [2.05, 4.69) is 5.32 Å². The Morgan fingerprint density at radius 2 is 1.30 bits per heavy atom. The molecule has 0 radical (unpaired) electrons. The van der Waals surface area contributed by atoms with Crippen molar-refractivity contribution in [3.05, 3.63) is 66.0 Å². The Morgan fingerprint density at radius 3 is 1.88 bits per heavy atom. The van der Waals surface area contributed by atoms with E-state index in [1.54, 1.807) is 0 Å². The molecule has 0 aliphatic heterocycles. The highest BCUT2D eigenvalue weighted by atomic mass is 16.6. The summed E-state index contributed by atoms with van der Waals surface area (Å²) in [7, 11) is 4.56. The molecule has 4 N–H and O–H groups in total. The van der Waals surface area contributed by atoms with Crippen molar-refractivity contribution < 1.29 is 53.4 Å². The number of Topliss-reactive ketones (excluding diaryl/α,β-unsaturated/α-hetero) is 1. The van der Waals surface area contributed by atoms with Crippen molar-refractivity contribution >= 4 is 72.6 Å². The van der Waals surface area contributed by atoms with Gasteiger partial charge in [0.25, 0.3) is 0 Å². The number of aromatic hydroxyl groups is 1. The number of methoxy groups -OCH3 is 3. The van der Waals surface area contributed by atoms with Crippen LogP contribution >= 0.6 is 0 Å². The van der Waals surface area contributed by atoms with E-state index < -0.39 is 35.9 Å². The van der Waals surface area contributed by atoms with Crippen LogP contribution in [0.3, 0.4) is 0 Å². The van der Waals surface area contributed by atoms with Crippen LogP contribution < -0.4 is 20.9 Å². The maximum atomic E-state index is 14.8. The van der Waals surface area contributed by atoms with Crippen LogP contribution in [0.4, 0.5) is 5.69 Å². The fraction of sp³-hybridized carbons (Fsp3) is 0.500. The molecule has 14 nitrogen and oxygen atoms in total. The molecule has 0 amide bonds. The van der Waals surface area contributed by atoms with Gasteiger partial charge in [-0.25, -0.2) is 0 Å². The molecule has 0 spiro atoms. The summed E-state index contributed by atoms with van der Waals surface area (Å²) < 4.78 is 27.5. The van der Waals surface area contributed by atoms with Crippen LogP contribution in [0.2, 0.25) is 0 Å². The van der Waals surface area contributed by atoms with E-state index in [1.807, 2.05) is 13.0 Å². The largest absolute Gasteiger partial charge is 0.507 e. The number of carbonyl (C=O) groups is 3. The number of ether oxygens (including phenoxy) is 5. The number of ketones is 1. The molecule has 340 valence electrons. The standard InChI is InChI=1S/C50H57NO13/c1-24-16-32-33(18-26-8-6-9-27(17-26)49(58)63-14-12-60-3)47(57)41-35(56)21-30(23-53)37-38-29(22-52)20-34(55)40-43(38)44(39(32)42(37)41)45(36(24)25(2)54)48(62-5)46(40)51-31-11-7-10-28(19-31)50(59)64-15-13-61-4/h16,20-21,26-28,31,36,51-53,57H,6-15,17-19,22-23H2,1-5H3. The monoisotopic (exact) mass is 879 g/mol. The Morgan fingerprint density at radius 1 is 0.719 bits per heavy atom. The van der Waals surface area contributed by atoms with Crippen LogP contribution in [-0.4, -0.2) is 86.8 Å². The third-order valence-corrected chi connectivity index (χ3v) is 13.9. The molecule has 0 aromatic heterocycles. The smallest absolute Gasteiger partial charge is 0.309 e. The average Bonchev–Trinajstić information content (AvgIpc) is 3.42. The number of anilines is 1. The molecule has 2 saturated carbocycles. The van der Waals surface area contributed by atoms with Gasteiger partial charge >= 0.3 is 11.9 Å². The minimum atomic E-state index is -0.918. The van der Waals surface area contributed by atoms with E-state index in [1.165, 1.54) is 40.4 Å². The van der Waals surface area contributed by atoms with Gasteiger partial charge < -0.3 is 44.3 Å². The molecule has 5 aromatic carbocycles. The van der Waals surface area contributed by atoms with Gasteiger partial charge in [0, 0.05) is 42.2 Å². The highest BCUT2D eigenvalue weighted by Crippen LogP contribution is 2.56. The molecule has 5 unspecified atom stereocenters. The fourth-order valence-corrected chi connectivity index (χ4v) is 11.3. The minimum absolute atomic E-state index is 0.0197. The summed E-state index contributed by atoms with van der Waals surface area (Å²) in [5.41, 5.74) is 2.00. The molecular weight excluding hydrogens is 823 g/mol. The molecule has 14 heteroatoms. The van der Waals surface area contributed by atoms with Crippen molar-refractivity contribution in [1.29, 1.82) is 0 Å². The van der Waals surface area contributed by atoms with Crippen molar-refractivity contribution in [3.63, 3.8) is 0 Å². The lowest BCUT2D eigenvalue weighted by atomic mass is 9.75. The zero-order chi connectivity index (χ0) is 45.6. The summed E-state index contributed by atoms with van der Waals surface area (Å²) in [5, 5.41) is 41.0. The molecular formula is C50H57NO13. The second kappa shape index (κ2) is 18.6. The van der Waals surface area contributed by atoms with Gasteiger partial charge in [0.15, 0.2) is 10.9 Å². The van der Waals surface area contributed by atoms with E-state index in [9.17, 15) is 39.3 Å². The van der Waals surface area contributed by atoms with Gasteiger partial charge in [0.2, 0.25) is 0 Å². The first-order valence-corrected chi connectivity index (χ1v) is 22.3. The van der Waals surface area contributed by atoms with Crippen molar-refractivity contribution in [3.8, 4) is 11.5 Å². The Balaban J connectivity index is 1.44. The SMILES string of the molecule is COCCOC(=O)C1CCCC(Cc2c(O)c3c(=O)cc(CO)c4c5c(CO)cc(=O)c6c(NC7CCCC(C(=O)OCCOC)C7)c(OC)c7c(c(c2C=C(C)C7C(C)=O)c34)c65)C1. The molecule has 0 bridgehead atoms. The Labute approximate surface area is 370 Å². The molecule has 5 atom stereocenters. The zero-order valence-corrected chi connectivity index (χ0v) is 37.1. The summed E-state index contributed by atoms with van der Waals surface area (Å²) in [6.07, 6.45) is 7.23. The van der Waals surface area contributed by atoms with Crippen LogP contribution in [0.25, 0.3) is 49.2 Å². The van der Waals surface area contributed by atoms with Gasteiger partial charge in [-0.15, -0.1) is 0 Å². The Hall–Kier alpha value is -5.41. The lowest BCUT2D eigenvalue weighted by Gasteiger charge is -2.32. The third kappa shape index (κ3) is 7.71. The van der Waals surface area contributed by atoms with E-state index in [0.717, 1.165) is 12.8 Å². The number of hydrogen-bond donors (Lipinski definition) is 4. The highest BCUT2D eigenvalue weighted by molar-refractivity contribution is 6.39. The number of fused-ring (bicyclic) bond motifs is 1. The number of rotatable bonds is 16. The Kier molecular flexibility index (Phi) is 13.1. The number of esters is 2. The first-order valence-electron chi connectivity index (χ1n) is 22.3. The number of hydrogen-bond acceptors (Lipinski definition) is 14. The number of benzene rings is 5. The number of allylic oxidation sites excluding steroid dienone is 1. The summed E-state index contributed by atoms with van der Waals surface area (Å²) in [5.74, 6) is -2.61. The van der Waals surface area contributed by atoms with Crippen molar-refractivity contribution in [1.82, 2.24) is 0 Å². The van der Waals surface area contributed by atoms with Crippen LogP contribution in [0.1, 0.15) is 98.9 Å². The van der Waals surface area contributed by atoms with Gasteiger partial charge in [0.05, 0.1) is 67.8 Å². The molecule has 64 heavy (non-hydrogen) atoms. The lowest BCUT2D eigenvalue weighted by Crippen LogP contribution is -2.33. The normalized spacial score (nSPS) is 21.1. The van der Waals surface area contributed by atoms with Crippen LogP contribution in [-0.2, 0) is 53.0 Å².